The van der Waals surface area contributed by atoms with Crippen LogP contribution in [0.15, 0.2) is 42.0 Å². The van der Waals surface area contributed by atoms with Gasteiger partial charge in [0.1, 0.15) is 30.5 Å². The summed E-state index contributed by atoms with van der Waals surface area (Å²) in [7, 11) is 6.81. The molecule has 0 bridgehead atoms. The Balaban J connectivity index is 1.89. The monoisotopic (exact) mass is 468 g/mol. The van der Waals surface area contributed by atoms with Crippen LogP contribution in [-0.2, 0) is 9.59 Å². The minimum atomic E-state index is -0.863. The molecule has 2 aromatic carbocycles. The Morgan fingerprint density at radius 2 is 1.79 bits per heavy atom. The molecule has 1 atom stereocenters. The molecule has 180 valence electrons. The van der Waals surface area contributed by atoms with Crippen molar-refractivity contribution in [2.75, 3.05) is 54.6 Å². The minimum Gasteiger partial charge on any atom is -0.507 e. The summed E-state index contributed by atoms with van der Waals surface area (Å²) in [4.78, 5) is 29.8. The van der Waals surface area contributed by atoms with Gasteiger partial charge in [-0.2, -0.15) is 0 Å². The number of fused-ring (bicyclic) bond motifs is 1. The number of hydrogen-bond acceptors (Lipinski definition) is 8. The number of Topliss-reactive ketones (excluding diaryl/α,β-unsaturated/α-hetero) is 1. The molecule has 0 aromatic heterocycles. The van der Waals surface area contributed by atoms with Crippen molar-refractivity contribution in [1.29, 1.82) is 0 Å². The van der Waals surface area contributed by atoms with E-state index in [-0.39, 0.29) is 17.9 Å². The molecule has 1 saturated heterocycles. The second-order valence-electron chi connectivity index (χ2n) is 8.26. The molecule has 1 amide bonds. The third kappa shape index (κ3) is 4.26. The first kappa shape index (κ1) is 23.4. The van der Waals surface area contributed by atoms with Crippen molar-refractivity contribution in [3.05, 3.63) is 53.1 Å². The number of likely N-dealkylation sites (N-methyl/N-ethyl adjacent to an activating group) is 1. The van der Waals surface area contributed by atoms with Crippen LogP contribution in [0.3, 0.4) is 0 Å². The van der Waals surface area contributed by atoms with E-state index in [4.69, 9.17) is 18.9 Å². The number of aliphatic hydroxyl groups is 1. The lowest BCUT2D eigenvalue weighted by atomic mass is 9.94. The second kappa shape index (κ2) is 9.64. The first-order valence-electron chi connectivity index (χ1n) is 10.9. The lowest BCUT2D eigenvalue weighted by Crippen LogP contribution is -2.35. The number of carbonyl (C=O) groups is 2. The number of ketones is 1. The maximum absolute atomic E-state index is 13.3. The highest BCUT2D eigenvalue weighted by atomic mass is 16.6. The Bertz CT molecular complexity index is 1140. The maximum Gasteiger partial charge on any atom is 0.295 e. The Hall–Kier alpha value is -3.72. The van der Waals surface area contributed by atoms with Crippen LogP contribution in [0.5, 0.6) is 23.0 Å². The summed E-state index contributed by atoms with van der Waals surface area (Å²) in [5, 5.41) is 11.3. The van der Waals surface area contributed by atoms with Gasteiger partial charge >= 0.3 is 0 Å². The summed E-state index contributed by atoms with van der Waals surface area (Å²) in [6.07, 6.45) is 0. The summed E-state index contributed by atoms with van der Waals surface area (Å²) in [5.74, 6) is 0.284. The number of likely N-dealkylation sites (tertiary alicyclic amines) is 1. The minimum absolute atomic E-state index is 0.0213. The molecule has 2 aliphatic rings. The fourth-order valence-electron chi connectivity index (χ4n) is 4.14. The molecule has 9 heteroatoms. The quantitative estimate of drug-likeness (QED) is 0.376. The highest BCUT2D eigenvalue weighted by Gasteiger charge is 2.47. The van der Waals surface area contributed by atoms with Gasteiger partial charge in [0.15, 0.2) is 11.5 Å². The Morgan fingerprint density at radius 3 is 2.47 bits per heavy atom. The number of ether oxygens (including phenoxy) is 4. The van der Waals surface area contributed by atoms with Crippen LogP contribution in [0.1, 0.15) is 17.2 Å². The second-order valence-corrected chi connectivity index (χ2v) is 8.26. The van der Waals surface area contributed by atoms with Gasteiger partial charge in [0.2, 0.25) is 0 Å². The van der Waals surface area contributed by atoms with Gasteiger partial charge in [-0.05, 0) is 50.5 Å². The van der Waals surface area contributed by atoms with Crippen LogP contribution in [0, 0.1) is 0 Å². The van der Waals surface area contributed by atoms with E-state index in [1.807, 2.05) is 19.0 Å². The Morgan fingerprint density at radius 1 is 1.06 bits per heavy atom. The molecule has 34 heavy (non-hydrogen) atoms. The lowest BCUT2D eigenvalue weighted by molar-refractivity contribution is -0.140. The predicted octanol–water partition coefficient (Wildman–Crippen LogP) is 2.46. The third-order valence-corrected chi connectivity index (χ3v) is 5.88. The van der Waals surface area contributed by atoms with Crippen LogP contribution in [-0.4, -0.2) is 81.2 Å². The Labute approximate surface area is 198 Å². The molecule has 1 unspecified atom stereocenters. The standard InChI is InChI=1S/C25H28N2O7/c1-26(2)9-10-27-22(17-14-16(31-3)6-8-18(17)32-4)21(24(29)25(27)30)23(28)15-5-7-19-20(13-15)34-12-11-33-19/h5-8,13-14,22,28H,9-12H2,1-4H3/b23-21+. The van der Waals surface area contributed by atoms with Crippen molar-refractivity contribution in [1.82, 2.24) is 9.80 Å². The number of aliphatic hydroxyl groups excluding tert-OH is 1. The van der Waals surface area contributed by atoms with Gasteiger partial charge in [0.25, 0.3) is 11.7 Å². The van der Waals surface area contributed by atoms with E-state index in [0.29, 0.717) is 53.9 Å². The summed E-state index contributed by atoms with van der Waals surface area (Å²) < 4.78 is 22.1. The summed E-state index contributed by atoms with van der Waals surface area (Å²) in [5.41, 5.74) is 0.868. The third-order valence-electron chi connectivity index (χ3n) is 5.88. The predicted molar refractivity (Wildman–Crippen MR) is 125 cm³/mol. The molecular weight excluding hydrogens is 440 g/mol. The van der Waals surface area contributed by atoms with Gasteiger partial charge in [0.05, 0.1) is 25.8 Å². The zero-order valence-corrected chi connectivity index (χ0v) is 19.7. The van der Waals surface area contributed by atoms with Crippen LogP contribution >= 0.6 is 0 Å². The van der Waals surface area contributed by atoms with Crippen molar-refractivity contribution in [2.24, 2.45) is 0 Å². The van der Waals surface area contributed by atoms with Gasteiger partial charge in [0, 0.05) is 24.2 Å². The maximum atomic E-state index is 13.3. The molecule has 0 radical (unpaired) electrons. The smallest absolute Gasteiger partial charge is 0.295 e. The molecular formula is C25H28N2O7. The number of amides is 1. The number of methoxy groups -OCH3 is 2. The van der Waals surface area contributed by atoms with Crippen molar-refractivity contribution in [3.63, 3.8) is 0 Å². The molecule has 2 aromatic rings. The molecule has 9 nitrogen and oxygen atoms in total. The summed E-state index contributed by atoms with van der Waals surface area (Å²) in [6.45, 7) is 1.62. The van der Waals surface area contributed by atoms with Crippen LogP contribution in [0.2, 0.25) is 0 Å². The van der Waals surface area contributed by atoms with E-state index < -0.39 is 17.7 Å². The number of carbonyl (C=O) groups excluding carboxylic acids is 2. The molecule has 2 heterocycles. The van der Waals surface area contributed by atoms with Gasteiger partial charge < -0.3 is 33.9 Å². The molecule has 4 rings (SSSR count). The normalized spacial score (nSPS) is 19.0. The van der Waals surface area contributed by atoms with Gasteiger partial charge in [-0.25, -0.2) is 0 Å². The zero-order chi connectivity index (χ0) is 24.4. The van der Waals surface area contributed by atoms with Gasteiger partial charge in [-0.3, -0.25) is 9.59 Å². The van der Waals surface area contributed by atoms with Gasteiger partial charge in [-0.15, -0.1) is 0 Å². The summed E-state index contributed by atoms with van der Waals surface area (Å²) >= 11 is 0. The highest BCUT2D eigenvalue weighted by Crippen LogP contribution is 2.44. The fourth-order valence-corrected chi connectivity index (χ4v) is 4.14. The molecule has 0 spiro atoms. The highest BCUT2D eigenvalue weighted by molar-refractivity contribution is 6.46. The molecule has 0 saturated carbocycles. The van der Waals surface area contributed by atoms with Crippen molar-refractivity contribution < 1.29 is 33.6 Å². The first-order chi connectivity index (χ1) is 16.3. The number of hydrogen-bond donors (Lipinski definition) is 1. The SMILES string of the molecule is COc1ccc(OC)c(C2/C(=C(\O)c3ccc4c(c3)OCCO4)C(=O)C(=O)N2CCN(C)C)c1. The fraction of sp³-hybridized carbons (Fsp3) is 0.360. The van der Waals surface area contributed by atoms with E-state index in [1.54, 1.807) is 36.4 Å². The molecule has 0 aliphatic carbocycles. The van der Waals surface area contributed by atoms with E-state index in [2.05, 4.69) is 0 Å². The van der Waals surface area contributed by atoms with Crippen LogP contribution in [0.4, 0.5) is 0 Å². The van der Waals surface area contributed by atoms with Crippen molar-refractivity contribution in [2.45, 2.75) is 6.04 Å². The van der Waals surface area contributed by atoms with Crippen molar-refractivity contribution in [3.8, 4) is 23.0 Å². The van der Waals surface area contributed by atoms with Gasteiger partial charge in [-0.1, -0.05) is 0 Å². The topological polar surface area (TPSA) is 97.8 Å². The average molecular weight is 469 g/mol. The number of rotatable bonds is 7. The first-order valence-corrected chi connectivity index (χ1v) is 10.9. The molecule has 1 fully saturated rings. The van der Waals surface area contributed by atoms with E-state index >= 15 is 0 Å². The lowest BCUT2D eigenvalue weighted by Gasteiger charge is -2.28. The molecule has 1 N–H and O–H groups in total. The van der Waals surface area contributed by atoms with Crippen LogP contribution in [0.25, 0.3) is 5.76 Å². The van der Waals surface area contributed by atoms with E-state index in [9.17, 15) is 14.7 Å². The number of benzene rings is 2. The Kier molecular flexibility index (Phi) is 6.65. The van der Waals surface area contributed by atoms with E-state index in [0.717, 1.165) is 0 Å². The largest absolute Gasteiger partial charge is 0.507 e. The van der Waals surface area contributed by atoms with E-state index in [1.165, 1.54) is 19.1 Å². The number of nitrogens with zero attached hydrogens (tertiary/aromatic N) is 2. The zero-order valence-electron chi connectivity index (χ0n) is 19.7. The molecule has 2 aliphatic heterocycles. The average Bonchev–Trinajstić information content (AvgIpc) is 3.10. The van der Waals surface area contributed by atoms with Crippen LogP contribution < -0.4 is 18.9 Å². The van der Waals surface area contributed by atoms with Crippen molar-refractivity contribution >= 4 is 17.4 Å². The summed E-state index contributed by atoms with van der Waals surface area (Å²) in [6, 6.07) is 9.21.